The summed E-state index contributed by atoms with van der Waals surface area (Å²) in [7, 11) is 0. The number of thioether (sulfide) groups is 1. The molecule has 0 radical (unpaired) electrons. The zero-order chi connectivity index (χ0) is 19.2. The molecule has 0 N–H and O–H groups in total. The molecule has 3 aromatic rings. The van der Waals surface area contributed by atoms with Crippen molar-refractivity contribution in [2.45, 2.75) is 5.22 Å². The molecule has 0 fully saturated rings. The van der Waals surface area contributed by atoms with Crippen LogP contribution in [-0.4, -0.2) is 34.3 Å². The van der Waals surface area contributed by atoms with Crippen molar-refractivity contribution in [3.05, 3.63) is 64.9 Å². The first-order chi connectivity index (χ1) is 13.0. The molecular formula is C18H12ClFN2O4S. The molecule has 1 aromatic heterocycles. The Morgan fingerprint density at radius 3 is 2.48 bits per heavy atom. The highest BCUT2D eigenvalue weighted by Crippen LogP contribution is 2.24. The maximum absolute atomic E-state index is 12.8. The van der Waals surface area contributed by atoms with Crippen molar-refractivity contribution in [1.82, 2.24) is 10.2 Å². The minimum atomic E-state index is -0.610. The highest BCUT2D eigenvalue weighted by atomic mass is 35.5. The molecule has 0 unspecified atom stereocenters. The van der Waals surface area contributed by atoms with E-state index in [9.17, 15) is 14.0 Å². The summed E-state index contributed by atoms with van der Waals surface area (Å²) in [5, 5.41) is 8.52. The Bertz CT molecular complexity index is 945. The van der Waals surface area contributed by atoms with E-state index in [-0.39, 0.29) is 16.5 Å². The number of carbonyl (C=O) groups excluding carboxylic acids is 2. The van der Waals surface area contributed by atoms with Gasteiger partial charge in [-0.3, -0.25) is 9.59 Å². The molecule has 0 saturated heterocycles. The van der Waals surface area contributed by atoms with Gasteiger partial charge in [-0.05, 0) is 48.5 Å². The fourth-order valence-corrected chi connectivity index (χ4v) is 2.69. The maximum Gasteiger partial charge on any atom is 0.316 e. The number of carbonyl (C=O) groups is 2. The second-order valence-electron chi connectivity index (χ2n) is 5.26. The summed E-state index contributed by atoms with van der Waals surface area (Å²) >= 11 is 6.82. The fraction of sp³-hybridized carbons (Fsp3) is 0.111. The van der Waals surface area contributed by atoms with Crippen LogP contribution in [0.1, 0.15) is 10.4 Å². The van der Waals surface area contributed by atoms with Crippen LogP contribution in [0.3, 0.4) is 0 Å². The van der Waals surface area contributed by atoms with Crippen LogP contribution in [-0.2, 0) is 9.53 Å². The largest absolute Gasteiger partial charge is 0.457 e. The van der Waals surface area contributed by atoms with E-state index < -0.39 is 24.2 Å². The van der Waals surface area contributed by atoms with Crippen LogP contribution in [0, 0.1) is 5.82 Å². The third-order valence-corrected chi connectivity index (χ3v) is 4.39. The van der Waals surface area contributed by atoms with Crippen molar-refractivity contribution in [3.8, 4) is 11.5 Å². The molecule has 0 saturated carbocycles. The molecule has 2 aromatic carbocycles. The summed E-state index contributed by atoms with van der Waals surface area (Å²) < 4.78 is 23.2. The van der Waals surface area contributed by atoms with E-state index in [0.717, 1.165) is 11.8 Å². The Kier molecular flexibility index (Phi) is 6.20. The number of halogens is 2. The lowest BCUT2D eigenvalue weighted by atomic mass is 10.1. The van der Waals surface area contributed by atoms with Crippen molar-refractivity contribution in [2.75, 3.05) is 12.4 Å². The third kappa shape index (κ3) is 5.38. The van der Waals surface area contributed by atoms with Gasteiger partial charge in [0.05, 0.1) is 0 Å². The number of aromatic nitrogens is 2. The van der Waals surface area contributed by atoms with Gasteiger partial charge in [-0.1, -0.05) is 23.4 Å². The minimum absolute atomic E-state index is 0.0983. The van der Waals surface area contributed by atoms with Gasteiger partial charge in [-0.25, -0.2) is 4.39 Å². The van der Waals surface area contributed by atoms with Crippen molar-refractivity contribution in [2.24, 2.45) is 0 Å². The average molecular weight is 407 g/mol. The van der Waals surface area contributed by atoms with Gasteiger partial charge in [0.2, 0.25) is 5.89 Å². The smallest absolute Gasteiger partial charge is 0.316 e. The van der Waals surface area contributed by atoms with Gasteiger partial charge in [0.15, 0.2) is 12.4 Å². The first-order valence-electron chi connectivity index (χ1n) is 7.68. The zero-order valence-electron chi connectivity index (χ0n) is 13.7. The quantitative estimate of drug-likeness (QED) is 0.332. The van der Waals surface area contributed by atoms with Crippen LogP contribution in [0.25, 0.3) is 11.5 Å². The number of hydrogen-bond acceptors (Lipinski definition) is 7. The van der Waals surface area contributed by atoms with E-state index in [1.165, 1.54) is 24.3 Å². The molecule has 27 heavy (non-hydrogen) atoms. The Morgan fingerprint density at radius 1 is 1.07 bits per heavy atom. The number of Topliss-reactive ketones (excluding diaryl/α,β-unsaturated/α-hetero) is 1. The predicted octanol–water partition coefficient (Wildman–Crippen LogP) is 4.05. The van der Waals surface area contributed by atoms with Crippen LogP contribution < -0.4 is 0 Å². The maximum atomic E-state index is 12.8. The predicted molar refractivity (Wildman–Crippen MR) is 97.2 cm³/mol. The van der Waals surface area contributed by atoms with Crippen LogP contribution in [0.4, 0.5) is 4.39 Å². The van der Waals surface area contributed by atoms with Gasteiger partial charge in [0.1, 0.15) is 11.6 Å². The Hall–Kier alpha value is -2.71. The molecule has 9 heteroatoms. The van der Waals surface area contributed by atoms with Crippen LogP contribution in [0.5, 0.6) is 0 Å². The van der Waals surface area contributed by atoms with E-state index in [1.807, 2.05) is 0 Å². The number of nitrogens with zero attached hydrogens (tertiary/aromatic N) is 2. The van der Waals surface area contributed by atoms with Crippen LogP contribution in [0.2, 0.25) is 5.02 Å². The van der Waals surface area contributed by atoms with Crippen molar-refractivity contribution in [1.29, 1.82) is 0 Å². The van der Waals surface area contributed by atoms with Crippen LogP contribution in [0.15, 0.2) is 58.2 Å². The lowest BCUT2D eigenvalue weighted by molar-refractivity contribution is -0.139. The molecule has 138 valence electrons. The Labute approximate surface area is 162 Å². The van der Waals surface area contributed by atoms with Gasteiger partial charge < -0.3 is 9.15 Å². The van der Waals surface area contributed by atoms with Crippen molar-refractivity contribution < 1.29 is 23.1 Å². The average Bonchev–Trinajstić information content (AvgIpc) is 3.14. The standard InChI is InChI=1S/C18H12ClFN2O4S/c19-13-5-1-12(2-6-13)17-21-22-18(26-17)27-10-16(24)25-9-15(23)11-3-7-14(20)8-4-11/h1-8H,9-10H2. The topological polar surface area (TPSA) is 82.3 Å². The number of rotatable bonds is 7. The lowest BCUT2D eigenvalue weighted by Crippen LogP contribution is -2.15. The second-order valence-corrected chi connectivity index (χ2v) is 6.62. The molecule has 0 atom stereocenters. The molecule has 0 spiro atoms. The molecule has 0 aliphatic rings. The minimum Gasteiger partial charge on any atom is -0.457 e. The Morgan fingerprint density at radius 2 is 1.78 bits per heavy atom. The van der Waals surface area contributed by atoms with E-state index in [4.69, 9.17) is 20.8 Å². The highest BCUT2D eigenvalue weighted by Gasteiger charge is 2.14. The Balaban J connectivity index is 1.47. The summed E-state index contributed by atoms with van der Waals surface area (Å²) in [4.78, 5) is 23.6. The number of ketones is 1. The van der Waals surface area contributed by atoms with Crippen molar-refractivity contribution >= 4 is 35.1 Å². The molecule has 1 heterocycles. The summed E-state index contributed by atoms with van der Waals surface area (Å²) in [5.41, 5.74) is 0.965. The molecule has 0 bridgehead atoms. The molecule has 3 rings (SSSR count). The first-order valence-corrected chi connectivity index (χ1v) is 9.04. The zero-order valence-corrected chi connectivity index (χ0v) is 15.3. The molecule has 0 amide bonds. The van der Waals surface area contributed by atoms with Gasteiger partial charge >= 0.3 is 5.97 Å². The molecule has 0 aliphatic carbocycles. The lowest BCUT2D eigenvalue weighted by Gasteiger charge is -2.03. The number of ether oxygens (including phenoxy) is 1. The number of esters is 1. The molecular weight excluding hydrogens is 395 g/mol. The summed E-state index contributed by atoms with van der Waals surface area (Å²) in [6, 6.07) is 11.9. The van der Waals surface area contributed by atoms with E-state index in [2.05, 4.69) is 10.2 Å². The normalized spacial score (nSPS) is 10.6. The third-order valence-electron chi connectivity index (χ3n) is 3.34. The van der Waals surface area contributed by atoms with Crippen LogP contribution >= 0.6 is 23.4 Å². The van der Waals surface area contributed by atoms with E-state index in [1.54, 1.807) is 24.3 Å². The summed E-state index contributed by atoms with van der Waals surface area (Å²) in [6.45, 7) is -0.426. The van der Waals surface area contributed by atoms with Crippen molar-refractivity contribution in [3.63, 3.8) is 0 Å². The van der Waals surface area contributed by atoms with Gasteiger partial charge in [0, 0.05) is 16.1 Å². The van der Waals surface area contributed by atoms with Gasteiger partial charge in [-0.2, -0.15) is 0 Å². The SMILES string of the molecule is O=C(CSc1nnc(-c2ccc(Cl)cc2)o1)OCC(=O)c1ccc(F)cc1. The molecule has 0 aliphatic heterocycles. The fourth-order valence-electron chi connectivity index (χ4n) is 2.00. The number of hydrogen-bond donors (Lipinski definition) is 0. The van der Waals surface area contributed by atoms with E-state index in [0.29, 0.717) is 16.5 Å². The monoisotopic (exact) mass is 406 g/mol. The first kappa shape index (κ1) is 19.1. The van der Waals surface area contributed by atoms with E-state index >= 15 is 0 Å². The number of benzene rings is 2. The van der Waals surface area contributed by atoms with Gasteiger partial charge in [0.25, 0.3) is 5.22 Å². The summed E-state index contributed by atoms with van der Waals surface area (Å²) in [5.74, 6) is -1.27. The summed E-state index contributed by atoms with van der Waals surface area (Å²) in [6.07, 6.45) is 0. The molecule has 6 nitrogen and oxygen atoms in total. The highest BCUT2D eigenvalue weighted by molar-refractivity contribution is 7.99. The van der Waals surface area contributed by atoms with Gasteiger partial charge in [-0.15, -0.1) is 10.2 Å². The second kappa shape index (κ2) is 8.79.